The fourth-order valence-corrected chi connectivity index (χ4v) is 0.570. The number of hydrogen-bond acceptors (Lipinski definition) is 4. The first-order chi connectivity index (χ1) is 6.66. The van der Waals surface area contributed by atoms with Gasteiger partial charge >= 0.3 is 12.1 Å². The second-order valence-corrected chi connectivity index (χ2v) is 2.26. The Hall–Kier alpha value is -1.56. The number of hydrogen-bond donors (Lipinski definition) is 2. The number of alkyl carbamates (subject to hydrolysis) is 1. The van der Waals surface area contributed by atoms with E-state index in [0.717, 1.165) is 0 Å². The molecule has 0 atom stereocenters. The summed E-state index contributed by atoms with van der Waals surface area (Å²) in [6.07, 6.45) is 0.865. The third-order valence-corrected chi connectivity index (χ3v) is 1.07. The van der Waals surface area contributed by atoms with E-state index in [1.165, 1.54) is 6.08 Å². The average molecular weight is 203 g/mol. The average Bonchev–Trinajstić information content (AvgIpc) is 2.13. The Morgan fingerprint density at radius 2 is 2.21 bits per heavy atom. The van der Waals surface area contributed by atoms with Gasteiger partial charge in [0.25, 0.3) is 0 Å². The lowest BCUT2D eigenvalue weighted by molar-refractivity contribution is -0.142. The Bertz CT molecular complexity index is 204. The Balaban J connectivity index is 3.22. The molecule has 0 aromatic rings. The normalized spacial score (nSPS) is 9.14. The van der Waals surface area contributed by atoms with Gasteiger partial charge in [0.2, 0.25) is 0 Å². The number of rotatable bonds is 7. The fraction of sp³-hybridized carbons (Fsp3) is 0.500. The van der Waals surface area contributed by atoms with E-state index in [1.54, 1.807) is 0 Å². The maximum atomic E-state index is 10.7. The molecular weight excluding hydrogens is 190 g/mol. The molecule has 0 aliphatic heterocycles. The van der Waals surface area contributed by atoms with Gasteiger partial charge in [-0.3, -0.25) is 0 Å². The highest BCUT2D eigenvalue weighted by atomic mass is 16.5. The predicted molar refractivity (Wildman–Crippen MR) is 48.0 cm³/mol. The highest BCUT2D eigenvalue weighted by Crippen LogP contribution is 1.78. The molecule has 6 nitrogen and oxygen atoms in total. The van der Waals surface area contributed by atoms with Crippen molar-refractivity contribution in [2.24, 2.45) is 0 Å². The molecule has 0 aromatic heterocycles. The zero-order valence-electron chi connectivity index (χ0n) is 7.69. The van der Waals surface area contributed by atoms with Crippen LogP contribution in [-0.2, 0) is 14.3 Å². The van der Waals surface area contributed by atoms with Crippen molar-refractivity contribution < 1.29 is 24.2 Å². The first kappa shape index (κ1) is 12.4. The third-order valence-electron chi connectivity index (χ3n) is 1.07. The summed E-state index contributed by atoms with van der Waals surface area (Å²) >= 11 is 0. The van der Waals surface area contributed by atoms with Crippen LogP contribution in [0.2, 0.25) is 0 Å². The van der Waals surface area contributed by atoms with Crippen LogP contribution in [0.15, 0.2) is 12.7 Å². The molecule has 0 fully saturated rings. The molecule has 6 heteroatoms. The standard InChI is InChI=1S/C8H13NO5/c1-2-4-14-8(12)9-3-5-13-6-7(10)11/h2H,1,3-6H2,(H,9,12)(H,10,11). The van der Waals surface area contributed by atoms with Crippen LogP contribution in [0.5, 0.6) is 0 Å². The quantitative estimate of drug-likeness (QED) is 0.449. The van der Waals surface area contributed by atoms with E-state index < -0.39 is 12.1 Å². The summed E-state index contributed by atoms with van der Waals surface area (Å²) in [7, 11) is 0. The first-order valence-electron chi connectivity index (χ1n) is 3.98. The number of ether oxygens (including phenoxy) is 2. The highest BCUT2D eigenvalue weighted by molar-refractivity contribution is 5.68. The van der Waals surface area contributed by atoms with Gasteiger partial charge in [0.05, 0.1) is 6.61 Å². The molecule has 0 aliphatic carbocycles. The van der Waals surface area contributed by atoms with Crippen LogP contribution in [0.4, 0.5) is 4.79 Å². The lowest BCUT2D eigenvalue weighted by Crippen LogP contribution is -2.28. The molecule has 0 aliphatic rings. The van der Waals surface area contributed by atoms with E-state index in [4.69, 9.17) is 5.11 Å². The number of carbonyl (C=O) groups excluding carboxylic acids is 1. The maximum Gasteiger partial charge on any atom is 0.407 e. The van der Waals surface area contributed by atoms with Crippen molar-refractivity contribution in [3.05, 3.63) is 12.7 Å². The minimum absolute atomic E-state index is 0.134. The Labute approximate surface area is 81.5 Å². The number of nitrogens with one attached hydrogen (secondary N) is 1. The molecule has 1 amide bonds. The summed E-state index contributed by atoms with van der Waals surface area (Å²) in [5, 5.41) is 10.6. The van der Waals surface area contributed by atoms with Crippen LogP contribution in [0.3, 0.4) is 0 Å². The zero-order valence-corrected chi connectivity index (χ0v) is 7.69. The summed E-state index contributed by atoms with van der Waals surface area (Å²) in [5.41, 5.74) is 0. The Morgan fingerprint density at radius 1 is 1.50 bits per heavy atom. The Kier molecular flexibility index (Phi) is 7.16. The lowest BCUT2D eigenvalue weighted by atomic mass is 10.6. The largest absolute Gasteiger partial charge is 0.480 e. The first-order valence-corrected chi connectivity index (χ1v) is 3.98. The molecule has 0 rings (SSSR count). The van der Waals surface area contributed by atoms with Crippen molar-refractivity contribution in [3.63, 3.8) is 0 Å². The van der Waals surface area contributed by atoms with E-state index in [9.17, 15) is 9.59 Å². The molecule has 0 heterocycles. The molecule has 0 bridgehead atoms. The van der Waals surface area contributed by atoms with Gasteiger partial charge in [0.1, 0.15) is 13.2 Å². The molecule has 0 saturated heterocycles. The number of carboxylic acid groups (broad SMARTS) is 1. The highest BCUT2D eigenvalue weighted by Gasteiger charge is 1.99. The topological polar surface area (TPSA) is 84.9 Å². The van der Waals surface area contributed by atoms with E-state index in [-0.39, 0.29) is 26.4 Å². The van der Waals surface area contributed by atoms with Crippen LogP contribution in [0.25, 0.3) is 0 Å². The molecule has 0 aromatic carbocycles. The van der Waals surface area contributed by atoms with Gasteiger partial charge in [-0.15, -0.1) is 0 Å². The van der Waals surface area contributed by atoms with Gasteiger partial charge in [-0.25, -0.2) is 9.59 Å². The summed E-state index contributed by atoms with van der Waals surface area (Å²) in [5.74, 6) is -1.04. The summed E-state index contributed by atoms with van der Waals surface area (Å²) in [6.45, 7) is 3.48. The zero-order chi connectivity index (χ0) is 10.8. The molecule has 2 N–H and O–H groups in total. The molecular formula is C8H13NO5. The number of carbonyl (C=O) groups is 2. The second-order valence-electron chi connectivity index (χ2n) is 2.26. The minimum Gasteiger partial charge on any atom is -0.480 e. The van der Waals surface area contributed by atoms with E-state index in [1.807, 2.05) is 0 Å². The van der Waals surface area contributed by atoms with Crippen LogP contribution in [0, 0.1) is 0 Å². The third kappa shape index (κ3) is 8.54. The van der Waals surface area contributed by atoms with Crippen molar-refractivity contribution in [2.45, 2.75) is 0 Å². The second kappa shape index (κ2) is 8.06. The fourth-order valence-electron chi connectivity index (χ4n) is 0.570. The molecule has 0 unspecified atom stereocenters. The van der Waals surface area contributed by atoms with Crippen LogP contribution >= 0.6 is 0 Å². The van der Waals surface area contributed by atoms with E-state index in [0.29, 0.717) is 0 Å². The predicted octanol–water partition coefficient (Wildman–Crippen LogP) is -0.000200. The van der Waals surface area contributed by atoms with Gasteiger partial charge in [0.15, 0.2) is 0 Å². The van der Waals surface area contributed by atoms with E-state index in [2.05, 4.69) is 21.4 Å². The van der Waals surface area contributed by atoms with Crippen LogP contribution < -0.4 is 5.32 Å². The van der Waals surface area contributed by atoms with E-state index >= 15 is 0 Å². The van der Waals surface area contributed by atoms with Gasteiger partial charge in [-0.1, -0.05) is 12.7 Å². The maximum absolute atomic E-state index is 10.7. The van der Waals surface area contributed by atoms with Crippen LogP contribution in [-0.4, -0.2) is 43.5 Å². The molecule has 80 valence electrons. The van der Waals surface area contributed by atoms with Gasteiger partial charge < -0.3 is 19.9 Å². The number of amides is 1. The Morgan fingerprint density at radius 3 is 2.79 bits per heavy atom. The van der Waals surface area contributed by atoms with Gasteiger partial charge in [-0.05, 0) is 0 Å². The molecule has 0 radical (unpaired) electrons. The minimum atomic E-state index is -1.04. The molecule has 0 saturated carbocycles. The summed E-state index contributed by atoms with van der Waals surface area (Å²) < 4.78 is 9.24. The molecule has 0 spiro atoms. The van der Waals surface area contributed by atoms with Crippen molar-refractivity contribution in [2.75, 3.05) is 26.4 Å². The summed E-state index contributed by atoms with van der Waals surface area (Å²) in [6, 6.07) is 0. The lowest BCUT2D eigenvalue weighted by Gasteiger charge is -2.04. The van der Waals surface area contributed by atoms with Gasteiger partial charge in [-0.2, -0.15) is 0 Å². The van der Waals surface area contributed by atoms with Gasteiger partial charge in [0, 0.05) is 6.54 Å². The smallest absolute Gasteiger partial charge is 0.407 e. The van der Waals surface area contributed by atoms with Crippen molar-refractivity contribution in [3.8, 4) is 0 Å². The monoisotopic (exact) mass is 203 g/mol. The van der Waals surface area contributed by atoms with Crippen molar-refractivity contribution in [1.29, 1.82) is 0 Å². The van der Waals surface area contributed by atoms with Crippen molar-refractivity contribution in [1.82, 2.24) is 5.32 Å². The molecule has 14 heavy (non-hydrogen) atoms. The number of carboxylic acids is 1. The number of aliphatic carboxylic acids is 1. The van der Waals surface area contributed by atoms with Crippen molar-refractivity contribution >= 4 is 12.1 Å². The summed E-state index contributed by atoms with van der Waals surface area (Å²) in [4.78, 5) is 20.7. The SMILES string of the molecule is C=CCOC(=O)NCCOCC(=O)O. The van der Waals surface area contributed by atoms with Crippen LogP contribution in [0.1, 0.15) is 0 Å².